The van der Waals surface area contributed by atoms with Crippen LogP contribution in [-0.4, -0.2) is 49.7 Å². The molecule has 1 N–H and O–H groups in total. The Bertz CT molecular complexity index is 1520. The highest BCUT2D eigenvalue weighted by atomic mass is 16.5. The lowest BCUT2D eigenvalue weighted by atomic mass is 10.1. The highest BCUT2D eigenvalue weighted by molar-refractivity contribution is 5.94. The number of hydrogen-bond donors (Lipinski definition) is 1. The van der Waals surface area contributed by atoms with Crippen LogP contribution in [0.5, 0.6) is 17.2 Å². The summed E-state index contributed by atoms with van der Waals surface area (Å²) < 4.78 is 17.2. The molecule has 5 rings (SSSR count). The van der Waals surface area contributed by atoms with E-state index in [1.807, 2.05) is 77.7 Å². The number of ether oxygens (including phenoxy) is 3. The summed E-state index contributed by atoms with van der Waals surface area (Å²) in [6, 6.07) is 26.5. The number of hydrazone groups is 1. The average Bonchev–Trinajstić information content (AvgIpc) is 3.03. The predicted molar refractivity (Wildman–Crippen MR) is 159 cm³/mol. The van der Waals surface area contributed by atoms with Gasteiger partial charge in [0.2, 0.25) is 0 Å². The van der Waals surface area contributed by atoms with Crippen molar-refractivity contribution in [1.82, 2.24) is 10.3 Å². The molecule has 8 heteroatoms. The molecule has 0 bridgehead atoms. The number of nitrogens with one attached hydrogen (secondary N) is 1. The van der Waals surface area contributed by atoms with Crippen LogP contribution in [0.4, 0.5) is 0 Å². The molecule has 1 heterocycles. The molecule has 1 aliphatic rings. The van der Waals surface area contributed by atoms with E-state index in [1.54, 1.807) is 19.2 Å². The fourth-order valence-electron chi connectivity index (χ4n) is 4.74. The summed E-state index contributed by atoms with van der Waals surface area (Å²) >= 11 is 0. The fraction of sp³-hybridized carbons (Fsp3) is 0.242. The number of fused-ring (bicyclic) bond motifs is 1. The minimum absolute atomic E-state index is 0.0876. The zero-order chi connectivity index (χ0) is 28.4. The van der Waals surface area contributed by atoms with Crippen molar-refractivity contribution >= 4 is 28.8 Å². The van der Waals surface area contributed by atoms with Gasteiger partial charge in [-0.1, -0.05) is 48.5 Å². The monoisotopic (exact) mass is 551 g/mol. The Morgan fingerprint density at radius 3 is 2.44 bits per heavy atom. The van der Waals surface area contributed by atoms with Crippen LogP contribution in [0.25, 0.3) is 10.8 Å². The molecule has 1 aliphatic heterocycles. The Hall–Kier alpha value is -4.85. The number of rotatable bonds is 10. The molecule has 0 unspecified atom stereocenters. The fourth-order valence-corrected chi connectivity index (χ4v) is 4.74. The van der Waals surface area contributed by atoms with Gasteiger partial charge in [-0.3, -0.25) is 9.59 Å². The normalized spacial score (nSPS) is 13.2. The second kappa shape index (κ2) is 13.5. The van der Waals surface area contributed by atoms with Gasteiger partial charge in [0.05, 0.1) is 13.3 Å². The van der Waals surface area contributed by atoms with Crippen molar-refractivity contribution in [3.63, 3.8) is 0 Å². The van der Waals surface area contributed by atoms with E-state index >= 15 is 0 Å². The molecular weight excluding hydrogens is 518 g/mol. The van der Waals surface area contributed by atoms with Gasteiger partial charge in [0.25, 0.3) is 11.8 Å². The van der Waals surface area contributed by atoms with Crippen LogP contribution in [0.2, 0.25) is 0 Å². The average molecular weight is 552 g/mol. The van der Waals surface area contributed by atoms with E-state index in [4.69, 9.17) is 14.2 Å². The highest BCUT2D eigenvalue weighted by Crippen LogP contribution is 2.29. The summed E-state index contributed by atoms with van der Waals surface area (Å²) in [5.74, 6) is 1.47. The van der Waals surface area contributed by atoms with Crippen molar-refractivity contribution in [3.8, 4) is 17.2 Å². The number of nitrogens with zero attached hydrogens (tertiary/aromatic N) is 2. The van der Waals surface area contributed by atoms with Crippen LogP contribution >= 0.6 is 0 Å². The van der Waals surface area contributed by atoms with Gasteiger partial charge < -0.3 is 19.1 Å². The van der Waals surface area contributed by atoms with Gasteiger partial charge in [-0.25, -0.2) is 5.43 Å². The maximum atomic E-state index is 12.7. The number of benzene rings is 4. The molecule has 0 aromatic heterocycles. The van der Waals surface area contributed by atoms with E-state index in [-0.39, 0.29) is 18.4 Å². The maximum absolute atomic E-state index is 12.7. The van der Waals surface area contributed by atoms with Gasteiger partial charge in [0.15, 0.2) is 18.1 Å². The highest BCUT2D eigenvalue weighted by Gasteiger charge is 2.18. The van der Waals surface area contributed by atoms with E-state index in [0.29, 0.717) is 29.4 Å². The second-order valence-electron chi connectivity index (χ2n) is 9.81. The smallest absolute Gasteiger partial charge is 0.277 e. The molecule has 0 saturated carbocycles. The maximum Gasteiger partial charge on any atom is 0.277 e. The van der Waals surface area contributed by atoms with E-state index in [9.17, 15) is 9.59 Å². The Morgan fingerprint density at radius 1 is 0.854 bits per heavy atom. The number of amides is 2. The summed E-state index contributed by atoms with van der Waals surface area (Å²) in [6.45, 7) is 1.83. The third-order valence-corrected chi connectivity index (χ3v) is 6.94. The van der Waals surface area contributed by atoms with Crippen molar-refractivity contribution in [3.05, 3.63) is 102 Å². The van der Waals surface area contributed by atoms with E-state index in [2.05, 4.69) is 10.5 Å². The van der Waals surface area contributed by atoms with Crippen LogP contribution in [0.3, 0.4) is 0 Å². The number of likely N-dealkylation sites (tertiary alicyclic amines) is 1. The van der Waals surface area contributed by atoms with Crippen molar-refractivity contribution in [2.45, 2.75) is 25.9 Å². The van der Waals surface area contributed by atoms with Crippen molar-refractivity contribution in [2.24, 2.45) is 5.10 Å². The van der Waals surface area contributed by atoms with Gasteiger partial charge in [-0.2, -0.15) is 5.10 Å². The van der Waals surface area contributed by atoms with Gasteiger partial charge in [-0.15, -0.1) is 0 Å². The van der Waals surface area contributed by atoms with Crippen molar-refractivity contribution in [1.29, 1.82) is 0 Å². The number of hydrogen-bond acceptors (Lipinski definition) is 6. The Morgan fingerprint density at radius 2 is 1.63 bits per heavy atom. The molecule has 4 aromatic carbocycles. The molecule has 1 saturated heterocycles. The summed E-state index contributed by atoms with van der Waals surface area (Å²) in [5, 5.41) is 6.03. The molecule has 0 aliphatic carbocycles. The predicted octanol–water partition coefficient (Wildman–Crippen LogP) is 5.58. The zero-order valence-electron chi connectivity index (χ0n) is 23.0. The van der Waals surface area contributed by atoms with Crippen LogP contribution < -0.4 is 19.6 Å². The number of methoxy groups -OCH3 is 1. The third kappa shape index (κ3) is 7.22. The molecule has 0 radical (unpaired) electrons. The lowest BCUT2D eigenvalue weighted by molar-refractivity contribution is -0.123. The van der Waals surface area contributed by atoms with E-state index in [0.717, 1.165) is 47.8 Å². The second-order valence-corrected chi connectivity index (χ2v) is 9.81. The first-order valence-electron chi connectivity index (χ1n) is 13.7. The molecule has 0 spiro atoms. The summed E-state index contributed by atoms with van der Waals surface area (Å²) in [5.41, 5.74) is 4.86. The van der Waals surface area contributed by atoms with Crippen LogP contribution in [-0.2, 0) is 11.4 Å². The first-order chi connectivity index (χ1) is 20.1. The van der Waals surface area contributed by atoms with Crippen LogP contribution in [0.15, 0.2) is 90.0 Å². The third-order valence-electron chi connectivity index (χ3n) is 6.94. The topological polar surface area (TPSA) is 89.5 Å². The number of piperidine rings is 1. The first-order valence-corrected chi connectivity index (χ1v) is 13.7. The van der Waals surface area contributed by atoms with Crippen molar-refractivity contribution in [2.75, 3.05) is 26.8 Å². The molecule has 210 valence electrons. The molecule has 8 nitrogen and oxygen atoms in total. The molecule has 4 aromatic rings. The molecule has 1 fully saturated rings. The van der Waals surface area contributed by atoms with E-state index in [1.165, 1.54) is 12.6 Å². The SMILES string of the molecule is COc1cc(/C=N/NC(=O)COc2cccc3ccccc23)ccc1OCc1ccc(C(=O)N2CCCCC2)cc1. The van der Waals surface area contributed by atoms with Gasteiger partial charge in [0, 0.05) is 24.0 Å². The summed E-state index contributed by atoms with van der Waals surface area (Å²) in [6.07, 6.45) is 4.86. The Labute approximate surface area is 239 Å². The first kappa shape index (κ1) is 27.7. The lowest BCUT2D eigenvalue weighted by Gasteiger charge is -2.26. The largest absolute Gasteiger partial charge is 0.493 e. The zero-order valence-corrected chi connectivity index (χ0v) is 23.0. The van der Waals surface area contributed by atoms with Crippen LogP contribution in [0.1, 0.15) is 40.7 Å². The molecule has 41 heavy (non-hydrogen) atoms. The Kier molecular flexibility index (Phi) is 9.11. The van der Waals surface area contributed by atoms with Gasteiger partial charge in [-0.05, 0) is 72.2 Å². The van der Waals surface area contributed by atoms with E-state index < -0.39 is 0 Å². The lowest BCUT2D eigenvalue weighted by Crippen LogP contribution is -2.35. The minimum atomic E-state index is -0.371. The van der Waals surface area contributed by atoms with Crippen molar-refractivity contribution < 1.29 is 23.8 Å². The molecule has 2 amide bonds. The summed E-state index contributed by atoms with van der Waals surface area (Å²) in [4.78, 5) is 26.9. The minimum Gasteiger partial charge on any atom is -0.493 e. The van der Waals surface area contributed by atoms with Gasteiger partial charge >= 0.3 is 0 Å². The Balaban J connectivity index is 1.11. The van der Waals surface area contributed by atoms with Gasteiger partial charge in [0.1, 0.15) is 12.4 Å². The quantitative estimate of drug-likeness (QED) is 0.205. The summed E-state index contributed by atoms with van der Waals surface area (Å²) in [7, 11) is 1.57. The number of carbonyl (C=O) groups is 2. The number of carbonyl (C=O) groups excluding carboxylic acids is 2. The standard InChI is InChI=1S/C33H33N3O5/c1-39-31-20-25(21-34-35-32(37)23-41-29-11-7-9-26-8-3-4-10-28(26)29)14-17-30(31)40-22-24-12-15-27(16-13-24)33(38)36-18-5-2-6-19-36/h3-4,7-17,20-21H,2,5-6,18-19,22-23H2,1H3,(H,35,37)/b34-21+. The molecular formula is C33H33N3O5. The van der Waals surface area contributed by atoms with Crippen LogP contribution in [0, 0.1) is 0 Å². The molecule has 0 atom stereocenters.